The molecule has 1 saturated carbocycles. The highest BCUT2D eigenvalue weighted by atomic mass is 32.1. The zero-order valence-corrected chi connectivity index (χ0v) is 14.9. The van der Waals surface area contributed by atoms with Crippen LogP contribution in [0.2, 0.25) is 0 Å². The number of aromatic nitrogens is 1. The average Bonchev–Trinajstić information content (AvgIpc) is 2.88. The van der Waals surface area contributed by atoms with E-state index < -0.39 is 17.3 Å². The lowest BCUT2D eigenvalue weighted by atomic mass is 9.68. The van der Waals surface area contributed by atoms with Crippen LogP contribution >= 0.6 is 11.3 Å². The molecule has 2 heterocycles. The molecule has 7 heteroatoms. The third-order valence-corrected chi connectivity index (χ3v) is 6.20. The van der Waals surface area contributed by atoms with Gasteiger partial charge in [0.2, 0.25) is 0 Å². The lowest BCUT2D eigenvalue weighted by Crippen LogP contribution is -2.42. The molecule has 4 rings (SSSR count). The van der Waals surface area contributed by atoms with E-state index in [4.69, 9.17) is 10.5 Å². The van der Waals surface area contributed by atoms with Gasteiger partial charge in [0.25, 0.3) is 0 Å². The van der Waals surface area contributed by atoms with Crippen molar-refractivity contribution in [1.29, 1.82) is 0 Å². The molecule has 0 amide bonds. The smallest absolute Gasteiger partial charge is 0.416 e. The molecular formula is C18H19F3N2OS. The molecule has 1 atom stereocenters. The lowest BCUT2D eigenvalue weighted by Gasteiger charge is -2.46. The predicted octanol–water partition coefficient (Wildman–Crippen LogP) is 5.60. The molecule has 134 valence electrons. The number of thiazole rings is 1. The quantitative estimate of drug-likeness (QED) is 0.658. The second-order valence-corrected chi connectivity index (χ2v) is 8.76. The number of nitrogen functional groups attached to an aromatic ring is 1. The molecule has 0 saturated heterocycles. The first-order valence-electron chi connectivity index (χ1n) is 8.27. The fourth-order valence-corrected chi connectivity index (χ4v) is 5.15. The molecule has 0 radical (unpaired) electrons. The molecule has 1 aliphatic heterocycles. The molecule has 1 spiro atoms. The minimum atomic E-state index is -4.40. The second kappa shape index (κ2) is 5.13. The molecule has 2 aromatic rings. The van der Waals surface area contributed by atoms with Crippen LogP contribution in [0.15, 0.2) is 18.2 Å². The van der Waals surface area contributed by atoms with Crippen molar-refractivity contribution in [2.24, 2.45) is 5.41 Å². The Morgan fingerprint density at radius 2 is 2.00 bits per heavy atom. The lowest BCUT2D eigenvalue weighted by molar-refractivity contribution is -0.137. The Morgan fingerprint density at radius 3 is 2.68 bits per heavy atom. The highest BCUT2D eigenvalue weighted by Crippen LogP contribution is 2.57. The number of ether oxygens (including phenoxy) is 1. The van der Waals surface area contributed by atoms with Gasteiger partial charge in [-0.05, 0) is 49.3 Å². The molecule has 1 aliphatic carbocycles. The van der Waals surface area contributed by atoms with Crippen LogP contribution in [0.5, 0.6) is 5.75 Å². The maximum atomic E-state index is 13.1. The fraction of sp³-hybridized carbons (Fsp3) is 0.500. The maximum absolute atomic E-state index is 13.1. The van der Waals surface area contributed by atoms with Crippen molar-refractivity contribution in [3.05, 3.63) is 28.6 Å². The van der Waals surface area contributed by atoms with E-state index in [1.807, 2.05) is 0 Å². The summed E-state index contributed by atoms with van der Waals surface area (Å²) in [7, 11) is 0. The first-order chi connectivity index (χ1) is 11.6. The summed E-state index contributed by atoms with van der Waals surface area (Å²) in [5.41, 5.74) is 5.92. The number of anilines is 1. The summed E-state index contributed by atoms with van der Waals surface area (Å²) in [6.45, 7) is 4.34. The Kier molecular flexibility index (Phi) is 3.42. The van der Waals surface area contributed by atoms with Gasteiger partial charge in [0, 0.05) is 5.56 Å². The van der Waals surface area contributed by atoms with E-state index in [0.29, 0.717) is 16.4 Å². The minimum absolute atomic E-state index is 0.0490. The van der Waals surface area contributed by atoms with Gasteiger partial charge in [0.15, 0.2) is 5.13 Å². The molecule has 1 unspecified atom stereocenters. The zero-order chi connectivity index (χ0) is 18.0. The van der Waals surface area contributed by atoms with Crippen LogP contribution in [0.25, 0.3) is 11.3 Å². The van der Waals surface area contributed by atoms with Gasteiger partial charge in [-0.15, -0.1) is 0 Å². The van der Waals surface area contributed by atoms with Crippen LogP contribution < -0.4 is 10.5 Å². The van der Waals surface area contributed by atoms with Gasteiger partial charge in [0.05, 0.1) is 16.1 Å². The normalized spacial score (nSPS) is 24.5. The zero-order valence-electron chi connectivity index (χ0n) is 14.0. The van der Waals surface area contributed by atoms with E-state index in [-0.39, 0.29) is 11.2 Å². The van der Waals surface area contributed by atoms with Crippen LogP contribution in [-0.2, 0) is 11.8 Å². The van der Waals surface area contributed by atoms with E-state index in [0.717, 1.165) is 42.7 Å². The molecule has 2 N–H and O–H groups in total. The van der Waals surface area contributed by atoms with E-state index >= 15 is 0 Å². The number of fused-ring (bicyclic) bond motifs is 4. The molecule has 3 nitrogen and oxygen atoms in total. The Labute approximate surface area is 148 Å². The summed E-state index contributed by atoms with van der Waals surface area (Å²) >= 11 is 1.39. The largest absolute Gasteiger partial charge is 0.481 e. The van der Waals surface area contributed by atoms with Crippen LogP contribution in [0.4, 0.5) is 18.3 Å². The fourth-order valence-electron chi connectivity index (χ4n) is 4.15. The molecule has 25 heavy (non-hydrogen) atoms. The van der Waals surface area contributed by atoms with Crippen molar-refractivity contribution in [2.75, 3.05) is 5.73 Å². The predicted molar refractivity (Wildman–Crippen MR) is 91.5 cm³/mol. The third kappa shape index (κ3) is 2.69. The summed E-state index contributed by atoms with van der Waals surface area (Å²) in [5, 5.41) is 0.420. The molecule has 1 aromatic carbocycles. The first kappa shape index (κ1) is 16.7. The van der Waals surface area contributed by atoms with E-state index in [1.54, 1.807) is 0 Å². The summed E-state index contributed by atoms with van der Waals surface area (Å²) in [6, 6.07) is 3.61. The van der Waals surface area contributed by atoms with E-state index in [9.17, 15) is 13.2 Å². The molecule has 1 aromatic heterocycles. The van der Waals surface area contributed by atoms with Gasteiger partial charge in [-0.2, -0.15) is 13.2 Å². The van der Waals surface area contributed by atoms with Gasteiger partial charge >= 0.3 is 6.18 Å². The second-order valence-electron chi connectivity index (χ2n) is 7.73. The number of hydrogen-bond acceptors (Lipinski definition) is 4. The van der Waals surface area contributed by atoms with Crippen LogP contribution in [0.3, 0.4) is 0 Å². The van der Waals surface area contributed by atoms with Gasteiger partial charge in [-0.25, -0.2) is 4.98 Å². The van der Waals surface area contributed by atoms with Crippen LogP contribution in [0.1, 0.15) is 50.0 Å². The molecule has 1 fully saturated rings. The standard InChI is InChI=1S/C18H19F3N2OS/c1-16(2)6-3-7-17(9-16)14-13(23-15(22)25-14)11-5-4-10(18(19,20)21)8-12(11)24-17/h4-5,8H,3,6-7,9H2,1-2H3,(H2,22,23). The van der Waals surface area contributed by atoms with E-state index in [1.165, 1.54) is 17.4 Å². The topological polar surface area (TPSA) is 48.1 Å². The minimum Gasteiger partial charge on any atom is -0.481 e. The highest BCUT2D eigenvalue weighted by Gasteiger charge is 2.49. The maximum Gasteiger partial charge on any atom is 0.416 e. The van der Waals surface area contributed by atoms with Gasteiger partial charge in [-0.1, -0.05) is 25.2 Å². The number of rotatable bonds is 0. The van der Waals surface area contributed by atoms with Crippen molar-refractivity contribution < 1.29 is 17.9 Å². The average molecular weight is 368 g/mol. The number of halogens is 3. The van der Waals surface area contributed by atoms with Crippen LogP contribution in [-0.4, -0.2) is 4.98 Å². The number of alkyl halides is 3. The van der Waals surface area contributed by atoms with E-state index in [2.05, 4.69) is 18.8 Å². The van der Waals surface area contributed by atoms with Gasteiger partial charge < -0.3 is 10.5 Å². The number of hydrogen-bond donors (Lipinski definition) is 1. The number of nitrogens with two attached hydrogens (primary N) is 1. The molecular weight excluding hydrogens is 349 g/mol. The molecule has 2 aliphatic rings. The molecule has 0 bridgehead atoms. The summed E-state index contributed by atoms with van der Waals surface area (Å²) < 4.78 is 45.7. The van der Waals surface area contributed by atoms with Crippen molar-refractivity contribution >= 4 is 16.5 Å². The van der Waals surface area contributed by atoms with Crippen molar-refractivity contribution in [3.8, 4) is 17.0 Å². The van der Waals surface area contributed by atoms with Gasteiger partial charge in [-0.3, -0.25) is 0 Å². The number of benzene rings is 1. The van der Waals surface area contributed by atoms with Crippen molar-refractivity contribution in [3.63, 3.8) is 0 Å². The van der Waals surface area contributed by atoms with Crippen molar-refractivity contribution in [2.45, 2.75) is 51.3 Å². The summed E-state index contributed by atoms with van der Waals surface area (Å²) in [5.74, 6) is 0.255. The highest BCUT2D eigenvalue weighted by molar-refractivity contribution is 7.16. The Balaban J connectivity index is 1.89. The monoisotopic (exact) mass is 368 g/mol. The van der Waals surface area contributed by atoms with Gasteiger partial charge in [0.1, 0.15) is 11.4 Å². The summed E-state index contributed by atoms with van der Waals surface area (Å²) in [6.07, 6.45) is -0.875. The SMILES string of the molecule is CC1(C)CCCC2(C1)Oc1cc(C(F)(F)F)ccc1-c1nc(N)sc12. The Hall–Kier alpha value is -1.76. The first-order valence-corrected chi connectivity index (χ1v) is 9.09. The summed E-state index contributed by atoms with van der Waals surface area (Å²) in [4.78, 5) is 5.37. The Bertz CT molecular complexity index is 843. The third-order valence-electron chi connectivity index (χ3n) is 5.13. The van der Waals surface area contributed by atoms with Crippen LogP contribution in [0, 0.1) is 5.41 Å². The Morgan fingerprint density at radius 1 is 1.24 bits per heavy atom. The van der Waals surface area contributed by atoms with Crippen molar-refractivity contribution in [1.82, 2.24) is 4.98 Å². The number of nitrogens with zero attached hydrogens (tertiary/aromatic N) is 1.